The van der Waals surface area contributed by atoms with Gasteiger partial charge in [0.2, 0.25) is 11.6 Å². The second-order valence-electron chi connectivity index (χ2n) is 3.22. The number of rotatable bonds is 0. The lowest BCUT2D eigenvalue weighted by atomic mass is 9.92. The van der Waals surface area contributed by atoms with Crippen molar-refractivity contribution < 1.29 is 30.0 Å². The Morgan fingerprint density at radius 1 is 1.00 bits per heavy atom. The van der Waals surface area contributed by atoms with Crippen LogP contribution in [0.3, 0.4) is 0 Å². The zero-order valence-corrected chi connectivity index (χ0v) is 7.72. The molecule has 0 fully saturated rings. The van der Waals surface area contributed by atoms with Crippen molar-refractivity contribution in [1.29, 1.82) is 0 Å². The summed E-state index contributed by atoms with van der Waals surface area (Å²) in [5.74, 6) is -5.50. The highest BCUT2D eigenvalue weighted by Crippen LogP contribution is 2.40. The number of phenolic OH excluding ortho intramolecular Hbond substituents is 2. The Balaban J connectivity index is 2.90. The molecule has 0 unspecified atom stereocenters. The van der Waals surface area contributed by atoms with E-state index in [1.165, 1.54) is 0 Å². The molecule has 1 aromatic carbocycles. The van der Waals surface area contributed by atoms with Crippen LogP contribution in [0.4, 0.5) is 0 Å². The molecule has 82 valence electrons. The topological polar surface area (TPSA) is 118 Å². The van der Waals surface area contributed by atoms with Crippen molar-refractivity contribution in [2.45, 2.75) is 0 Å². The van der Waals surface area contributed by atoms with Crippen molar-refractivity contribution in [1.82, 2.24) is 0 Å². The largest absolute Gasteiger partial charge is 0.869 e. The second kappa shape index (κ2) is 2.99. The number of aliphatic hydroxyl groups excluding tert-OH is 1. The van der Waals surface area contributed by atoms with Gasteiger partial charge < -0.3 is 20.4 Å². The van der Waals surface area contributed by atoms with E-state index in [4.69, 9.17) is 5.11 Å². The summed E-state index contributed by atoms with van der Waals surface area (Å²) >= 11 is 0. The summed E-state index contributed by atoms with van der Waals surface area (Å²) in [6.45, 7) is 0. The lowest BCUT2D eigenvalue weighted by Gasteiger charge is -2.21. The highest BCUT2D eigenvalue weighted by atomic mass is 16.3. The predicted octanol–water partition coefficient (Wildman–Crippen LogP) is -0.164. The molecule has 0 heterocycles. The molecule has 0 radical (unpaired) electrons. The van der Waals surface area contributed by atoms with Gasteiger partial charge in [0, 0.05) is 17.7 Å². The zero-order valence-electron chi connectivity index (χ0n) is 7.72. The summed E-state index contributed by atoms with van der Waals surface area (Å²) in [4.78, 5) is 22.4. The third-order valence-corrected chi connectivity index (χ3v) is 2.21. The lowest BCUT2D eigenvalue weighted by molar-refractivity contribution is -0.270. The van der Waals surface area contributed by atoms with Gasteiger partial charge in [-0.3, -0.25) is 9.59 Å². The van der Waals surface area contributed by atoms with Gasteiger partial charge in [-0.25, -0.2) is 0 Å². The molecule has 0 amide bonds. The molecule has 3 N–H and O–H groups in total. The molecule has 0 saturated carbocycles. The lowest BCUT2D eigenvalue weighted by Crippen LogP contribution is -2.20. The molecule has 0 spiro atoms. The molecule has 6 nitrogen and oxygen atoms in total. The number of Topliss-reactive ketones (excluding diaryl/α,β-unsaturated/α-hetero) is 1. The number of benzene rings is 1. The van der Waals surface area contributed by atoms with E-state index < -0.39 is 45.7 Å². The van der Waals surface area contributed by atoms with E-state index in [-0.39, 0.29) is 0 Å². The van der Waals surface area contributed by atoms with Gasteiger partial charge >= 0.3 is 0 Å². The van der Waals surface area contributed by atoms with Gasteiger partial charge in [0.25, 0.3) is 0 Å². The molecular weight excluding hydrogens is 216 g/mol. The molecule has 16 heavy (non-hydrogen) atoms. The Morgan fingerprint density at radius 3 is 2.25 bits per heavy atom. The van der Waals surface area contributed by atoms with Crippen LogP contribution in [-0.2, 0) is 4.79 Å². The first-order valence-electron chi connectivity index (χ1n) is 4.19. The van der Waals surface area contributed by atoms with Crippen molar-refractivity contribution in [2.75, 3.05) is 0 Å². The summed E-state index contributed by atoms with van der Waals surface area (Å²) in [5, 5.41) is 39.2. The van der Waals surface area contributed by atoms with Gasteiger partial charge in [-0.15, -0.1) is 0 Å². The number of carbonyl (C=O) groups excluding carboxylic acids is 2. The van der Waals surface area contributed by atoms with E-state index in [0.717, 1.165) is 0 Å². The highest BCUT2D eigenvalue weighted by Gasteiger charge is 2.29. The monoisotopic (exact) mass is 221 g/mol. The number of carbonyl (C=O) groups is 2. The summed E-state index contributed by atoms with van der Waals surface area (Å²) in [7, 11) is 0. The van der Waals surface area contributed by atoms with Gasteiger partial charge in [-0.05, 0) is 0 Å². The van der Waals surface area contributed by atoms with E-state index in [9.17, 15) is 24.9 Å². The Labute approximate surface area is 88.7 Å². The summed E-state index contributed by atoms with van der Waals surface area (Å²) in [6, 6.07) is 0.703. The Morgan fingerprint density at radius 2 is 1.62 bits per heavy atom. The first-order valence-corrected chi connectivity index (χ1v) is 4.19. The minimum Gasteiger partial charge on any atom is -0.869 e. The highest BCUT2D eigenvalue weighted by molar-refractivity contribution is 6.51. The molecule has 1 aromatic rings. The van der Waals surface area contributed by atoms with E-state index >= 15 is 0 Å². The predicted molar refractivity (Wildman–Crippen MR) is 49.2 cm³/mol. The van der Waals surface area contributed by atoms with Crippen molar-refractivity contribution in [3.8, 4) is 17.2 Å². The van der Waals surface area contributed by atoms with Crippen LogP contribution in [0.2, 0.25) is 0 Å². The third-order valence-electron chi connectivity index (χ3n) is 2.21. The molecule has 1 aliphatic carbocycles. The fourth-order valence-electron chi connectivity index (χ4n) is 1.50. The minimum atomic E-state index is -1.16. The van der Waals surface area contributed by atoms with Crippen LogP contribution in [0, 0.1) is 0 Å². The minimum absolute atomic E-state index is 0.424. The number of ketones is 2. The van der Waals surface area contributed by atoms with Crippen LogP contribution in [0.5, 0.6) is 17.2 Å². The average Bonchev–Trinajstić information content (AvgIpc) is 2.20. The smallest absolute Gasteiger partial charge is 0.233 e. The third kappa shape index (κ3) is 1.13. The molecule has 0 bridgehead atoms. The second-order valence-corrected chi connectivity index (χ2v) is 3.22. The molecular formula is C10H5O6-. The van der Waals surface area contributed by atoms with Crippen LogP contribution in [0.1, 0.15) is 15.9 Å². The normalized spacial score (nSPS) is 14.6. The Kier molecular flexibility index (Phi) is 1.88. The Bertz CT molecular complexity index is 555. The fraction of sp³-hybridized carbons (Fsp3) is 0. The van der Waals surface area contributed by atoms with Crippen molar-refractivity contribution in [2.24, 2.45) is 0 Å². The molecule has 2 rings (SSSR count). The van der Waals surface area contributed by atoms with Crippen molar-refractivity contribution >= 4 is 17.3 Å². The van der Waals surface area contributed by atoms with Gasteiger partial charge in [0.05, 0.1) is 5.56 Å². The van der Waals surface area contributed by atoms with Crippen LogP contribution in [0.25, 0.3) is 5.76 Å². The number of hydrogen-bond donors (Lipinski definition) is 3. The molecule has 1 aliphatic rings. The maximum atomic E-state index is 11.4. The summed E-state index contributed by atoms with van der Waals surface area (Å²) < 4.78 is 0. The van der Waals surface area contributed by atoms with E-state index in [0.29, 0.717) is 12.1 Å². The standard InChI is InChI=1S/C10H6O6/c11-3-1-5(13)9(15)8-7(3)4(12)2-6(14)10(8)16/h1-2,11-13,15H/p-1. The SMILES string of the molecule is O=C1C=C(O)c2c(O)cc(O)c([O-])c2C1=O. The number of aromatic hydroxyl groups is 2. The zero-order chi connectivity index (χ0) is 12.0. The number of fused-ring (bicyclic) bond motifs is 1. The quantitative estimate of drug-likeness (QED) is 0.523. The van der Waals surface area contributed by atoms with Gasteiger partial charge in [0.1, 0.15) is 17.3 Å². The van der Waals surface area contributed by atoms with Crippen molar-refractivity contribution in [3.63, 3.8) is 0 Å². The maximum Gasteiger partial charge on any atom is 0.233 e. The van der Waals surface area contributed by atoms with Crippen LogP contribution >= 0.6 is 0 Å². The van der Waals surface area contributed by atoms with E-state index in [1.54, 1.807) is 0 Å². The maximum absolute atomic E-state index is 11.4. The first kappa shape index (κ1) is 10.0. The van der Waals surface area contributed by atoms with Crippen LogP contribution in [-0.4, -0.2) is 26.9 Å². The molecule has 0 aliphatic heterocycles. The molecule has 0 atom stereocenters. The Hall–Kier alpha value is -2.50. The summed E-state index contributed by atoms with van der Waals surface area (Å²) in [5.41, 5.74) is -1.13. The van der Waals surface area contributed by atoms with E-state index in [1.807, 2.05) is 0 Å². The average molecular weight is 221 g/mol. The molecule has 0 saturated heterocycles. The van der Waals surface area contributed by atoms with Crippen LogP contribution in [0.15, 0.2) is 12.1 Å². The van der Waals surface area contributed by atoms with E-state index in [2.05, 4.69) is 0 Å². The van der Waals surface area contributed by atoms with Gasteiger partial charge in [0.15, 0.2) is 0 Å². The van der Waals surface area contributed by atoms with Crippen molar-refractivity contribution in [3.05, 3.63) is 23.3 Å². The first-order chi connectivity index (χ1) is 7.43. The molecule has 0 aromatic heterocycles. The molecule has 6 heteroatoms. The van der Waals surface area contributed by atoms with Crippen LogP contribution < -0.4 is 5.11 Å². The van der Waals surface area contributed by atoms with Gasteiger partial charge in [-0.1, -0.05) is 5.75 Å². The number of aliphatic hydroxyl groups is 1. The van der Waals surface area contributed by atoms with Gasteiger partial charge in [-0.2, -0.15) is 0 Å². The number of hydrogen-bond acceptors (Lipinski definition) is 6. The fourth-order valence-corrected chi connectivity index (χ4v) is 1.50. The summed E-state index contributed by atoms with van der Waals surface area (Å²) in [6.07, 6.45) is 0.612. The number of allylic oxidation sites excluding steroid dienone is 1. The number of phenols is 2.